The highest BCUT2D eigenvalue weighted by atomic mass is 16.2. The normalized spacial score (nSPS) is 19.2. The van der Waals surface area contributed by atoms with Gasteiger partial charge >= 0.3 is 0 Å². The fourth-order valence-electron chi connectivity index (χ4n) is 3.91. The molecule has 25 heavy (non-hydrogen) atoms. The monoisotopic (exact) mass is 334 g/mol. The Labute approximate surface area is 149 Å². The van der Waals surface area contributed by atoms with Crippen LogP contribution in [0.4, 0.5) is 11.4 Å². The second-order valence-corrected chi connectivity index (χ2v) is 7.46. The van der Waals surface area contributed by atoms with Crippen LogP contribution in [0.1, 0.15) is 50.5 Å². The van der Waals surface area contributed by atoms with Crippen LogP contribution >= 0.6 is 0 Å². The van der Waals surface area contributed by atoms with Crippen molar-refractivity contribution in [3.8, 4) is 0 Å². The van der Waals surface area contributed by atoms with Gasteiger partial charge in [-0.1, -0.05) is 49.6 Å². The third-order valence-electron chi connectivity index (χ3n) is 5.63. The van der Waals surface area contributed by atoms with Crippen molar-refractivity contribution in [3.05, 3.63) is 60.2 Å². The van der Waals surface area contributed by atoms with E-state index in [4.69, 9.17) is 0 Å². The summed E-state index contributed by atoms with van der Waals surface area (Å²) in [4.78, 5) is 12.8. The lowest BCUT2D eigenvalue weighted by Crippen LogP contribution is -2.27. The molecule has 2 aliphatic rings. The average Bonchev–Trinajstić information content (AvgIpc) is 3.47. The van der Waals surface area contributed by atoms with Gasteiger partial charge in [-0.25, -0.2) is 0 Å². The number of hydrogen-bond donors (Lipinski definition) is 2. The fourth-order valence-corrected chi connectivity index (χ4v) is 3.91. The summed E-state index contributed by atoms with van der Waals surface area (Å²) in [6.45, 7) is 0. The number of anilines is 2. The Morgan fingerprint density at radius 3 is 2.12 bits per heavy atom. The van der Waals surface area contributed by atoms with Crippen LogP contribution in [0.15, 0.2) is 54.6 Å². The standard InChI is InChI=1S/C22H26N2O/c25-21(22(15-16-22)17-7-3-1-4-8-17)24-20-13-11-19(12-14-20)23-18-9-5-2-6-10-18/h1,3-4,7-8,11-14,18,23H,2,5-6,9-10,15-16H2,(H,24,25). The molecule has 0 aliphatic heterocycles. The van der Waals surface area contributed by atoms with Gasteiger partial charge in [0, 0.05) is 17.4 Å². The van der Waals surface area contributed by atoms with Gasteiger partial charge in [-0.3, -0.25) is 4.79 Å². The van der Waals surface area contributed by atoms with Crippen LogP contribution in [0.3, 0.4) is 0 Å². The van der Waals surface area contributed by atoms with E-state index in [0.29, 0.717) is 6.04 Å². The van der Waals surface area contributed by atoms with E-state index >= 15 is 0 Å². The third kappa shape index (κ3) is 3.55. The van der Waals surface area contributed by atoms with Gasteiger partial charge in [-0.15, -0.1) is 0 Å². The summed E-state index contributed by atoms with van der Waals surface area (Å²) in [6.07, 6.45) is 8.41. The van der Waals surface area contributed by atoms with Crippen molar-refractivity contribution >= 4 is 17.3 Å². The minimum absolute atomic E-state index is 0.117. The van der Waals surface area contributed by atoms with Crippen LogP contribution < -0.4 is 10.6 Å². The molecule has 0 radical (unpaired) electrons. The van der Waals surface area contributed by atoms with Gasteiger partial charge in [0.2, 0.25) is 5.91 Å². The van der Waals surface area contributed by atoms with E-state index in [9.17, 15) is 4.79 Å². The Bertz CT molecular complexity index is 713. The largest absolute Gasteiger partial charge is 0.382 e. The summed E-state index contributed by atoms with van der Waals surface area (Å²) < 4.78 is 0. The predicted molar refractivity (Wildman–Crippen MR) is 103 cm³/mol. The minimum Gasteiger partial charge on any atom is -0.382 e. The van der Waals surface area contributed by atoms with E-state index in [1.165, 1.54) is 32.1 Å². The maximum Gasteiger partial charge on any atom is 0.235 e. The van der Waals surface area contributed by atoms with Crippen molar-refractivity contribution < 1.29 is 4.79 Å². The molecule has 0 spiro atoms. The molecule has 2 N–H and O–H groups in total. The Morgan fingerprint density at radius 1 is 0.840 bits per heavy atom. The third-order valence-corrected chi connectivity index (χ3v) is 5.63. The van der Waals surface area contributed by atoms with Gasteiger partial charge in [0.05, 0.1) is 5.41 Å². The molecule has 3 heteroatoms. The SMILES string of the molecule is O=C(Nc1ccc(NC2CCCCC2)cc1)C1(c2ccccc2)CC1. The van der Waals surface area contributed by atoms with Crippen LogP contribution in [0.5, 0.6) is 0 Å². The zero-order valence-corrected chi connectivity index (χ0v) is 14.6. The molecule has 0 atom stereocenters. The first-order chi connectivity index (χ1) is 12.3. The molecule has 0 bridgehead atoms. The first-order valence-electron chi connectivity index (χ1n) is 9.50. The highest BCUT2D eigenvalue weighted by Crippen LogP contribution is 2.48. The Hall–Kier alpha value is -2.29. The van der Waals surface area contributed by atoms with E-state index in [1.807, 2.05) is 30.3 Å². The first kappa shape index (κ1) is 16.2. The molecule has 0 unspecified atom stereocenters. The number of hydrogen-bond acceptors (Lipinski definition) is 2. The van der Waals surface area contributed by atoms with Crippen molar-refractivity contribution in [3.63, 3.8) is 0 Å². The van der Waals surface area contributed by atoms with Crippen molar-refractivity contribution in [1.29, 1.82) is 0 Å². The molecule has 0 heterocycles. The molecule has 1 amide bonds. The van der Waals surface area contributed by atoms with E-state index in [-0.39, 0.29) is 11.3 Å². The molecule has 2 fully saturated rings. The van der Waals surface area contributed by atoms with Crippen molar-refractivity contribution in [1.82, 2.24) is 0 Å². The zero-order valence-electron chi connectivity index (χ0n) is 14.6. The van der Waals surface area contributed by atoms with Gasteiger partial charge < -0.3 is 10.6 Å². The molecule has 4 rings (SSSR count). The summed E-state index contributed by atoms with van der Waals surface area (Å²) in [5, 5.41) is 6.72. The molecule has 0 aromatic heterocycles. The summed E-state index contributed by atoms with van der Waals surface area (Å²) >= 11 is 0. The molecule has 130 valence electrons. The van der Waals surface area contributed by atoms with Crippen LogP contribution in [-0.2, 0) is 10.2 Å². The summed E-state index contributed by atoms with van der Waals surface area (Å²) in [7, 11) is 0. The van der Waals surface area contributed by atoms with Gasteiger partial charge in [-0.2, -0.15) is 0 Å². The molecule has 3 nitrogen and oxygen atoms in total. The Balaban J connectivity index is 1.39. The topological polar surface area (TPSA) is 41.1 Å². The van der Waals surface area contributed by atoms with Crippen LogP contribution in [-0.4, -0.2) is 11.9 Å². The molecule has 2 aromatic carbocycles. The Kier molecular flexibility index (Phi) is 4.48. The summed E-state index contributed by atoms with van der Waals surface area (Å²) in [5.74, 6) is 0.117. The number of carbonyl (C=O) groups is 1. The van der Waals surface area contributed by atoms with Crippen LogP contribution in [0, 0.1) is 0 Å². The highest BCUT2D eigenvalue weighted by Gasteiger charge is 2.51. The van der Waals surface area contributed by atoms with Crippen molar-refractivity contribution in [2.75, 3.05) is 10.6 Å². The van der Waals surface area contributed by atoms with Gasteiger partial charge in [0.15, 0.2) is 0 Å². The van der Waals surface area contributed by atoms with Crippen LogP contribution in [0.25, 0.3) is 0 Å². The van der Waals surface area contributed by atoms with Crippen LogP contribution in [0.2, 0.25) is 0 Å². The fraction of sp³-hybridized carbons (Fsp3) is 0.409. The van der Waals surface area contributed by atoms with Crippen molar-refractivity contribution in [2.24, 2.45) is 0 Å². The maximum absolute atomic E-state index is 12.8. The van der Waals surface area contributed by atoms with Gasteiger partial charge in [0.25, 0.3) is 0 Å². The summed E-state index contributed by atoms with van der Waals surface area (Å²) in [6, 6.07) is 18.9. The maximum atomic E-state index is 12.8. The van der Waals surface area contributed by atoms with Gasteiger partial charge in [0.1, 0.15) is 0 Å². The van der Waals surface area contributed by atoms with Crippen molar-refractivity contribution in [2.45, 2.75) is 56.4 Å². The molecular formula is C22H26N2O. The number of benzene rings is 2. The Morgan fingerprint density at radius 2 is 1.48 bits per heavy atom. The van der Waals surface area contributed by atoms with E-state index in [1.54, 1.807) is 0 Å². The smallest absolute Gasteiger partial charge is 0.235 e. The number of rotatable bonds is 5. The lowest BCUT2D eigenvalue weighted by Gasteiger charge is -2.24. The quantitative estimate of drug-likeness (QED) is 0.798. The zero-order chi connectivity index (χ0) is 17.1. The lowest BCUT2D eigenvalue weighted by molar-refractivity contribution is -0.118. The van der Waals surface area contributed by atoms with E-state index in [0.717, 1.165) is 29.8 Å². The second-order valence-electron chi connectivity index (χ2n) is 7.46. The number of amides is 1. The molecule has 2 saturated carbocycles. The van der Waals surface area contributed by atoms with E-state index in [2.05, 4.69) is 34.9 Å². The number of carbonyl (C=O) groups excluding carboxylic acids is 1. The molecule has 2 aliphatic carbocycles. The molecular weight excluding hydrogens is 308 g/mol. The highest BCUT2D eigenvalue weighted by molar-refractivity contribution is 6.01. The average molecular weight is 334 g/mol. The van der Waals surface area contributed by atoms with E-state index < -0.39 is 0 Å². The number of nitrogens with one attached hydrogen (secondary N) is 2. The molecule has 0 saturated heterocycles. The molecule has 2 aromatic rings. The lowest BCUT2D eigenvalue weighted by atomic mass is 9.95. The first-order valence-corrected chi connectivity index (χ1v) is 9.50. The second kappa shape index (κ2) is 6.91. The summed E-state index contributed by atoms with van der Waals surface area (Å²) in [5.41, 5.74) is 2.83. The predicted octanol–water partition coefficient (Wildman–Crippen LogP) is 5.10. The minimum atomic E-state index is -0.319. The van der Waals surface area contributed by atoms with Gasteiger partial charge in [-0.05, 0) is 55.5 Å².